The van der Waals surface area contributed by atoms with Crippen LogP contribution in [0.1, 0.15) is 46.5 Å². The Hall–Kier alpha value is -1.36. The summed E-state index contributed by atoms with van der Waals surface area (Å²) in [5, 5.41) is 3.37. The van der Waals surface area contributed by atoms with E-state index >= 15 is 0 Å². The minimum atomic E-state index is 0.331. The monoisotopic (exact) mass is 319 g/mol. The van der Waals surface area contributed by atoms with Gasteiger partial charge in [-0.2, -0.15) is 4.98 Å². The van der Waals surface area contributed by atoms with Crippen molar-refractivity contribution < 1.29 is 0 Å². The molecule has 0 aromatic carbocycles. The molecule has 1 aromatic heterocycles. The number of nitrogens with zero attached hydrogens (tertiary/aromatic N) is 4. The molecule has 0 bridgehead atoms. The first-order chi connectivity index (χ1) is 10.9. The molecule has 5 nitrogen and oxygen atoms in total. The van der Waals surface area contributed by atoms with Crippen molar-refractivity contribution in [3.8, 4) is 0 Å². The van der Waals surface area contributed by atoms with E-state index < -0.39 is 0 Å². The van der Waals surface area contributed by atoms with Crippen LogP contribution in [0.25, 0.3) is 0 Å². The number of nitrogens with one attached hydrogen (secondary N) is 1. The highest BCUT2D eigenvalue weighted by Gasteiger charge is 2.14. The summed E-state index contributed by atoms with van der Waals surface area (Å²) < 4.78 is 0. The molecule has 0 saturated carbocycles. The van der Waals surface area contributed by atoms with Crippen molar-refractivity contribution in [3.05, 3.63) is 12.3 Å². The molecule has 2 heterocycles. The predicted octanol–water partition coefficient (Wildman–Crippen LogP) is 3.25. The molecule has 0 aliphatic carbocycles. The average molecular weight is 319 g/mol. The number of rotatable bonds is 6. The van der Waals surface area contributed by atoms with Crippen molar-refractivity contribution in [2.45, 2.75) is 46.5 Å². The molecule has 1 saturated heterocycles. The van der Waals surface area contributed by atoms with Crippen molar-refractivity contribution in [2.75, 3.05) is 50.0 Å². The Kier molecular flexibility index (Phi) is 6.63. The van der Waals surface area contributed by atoms with Crippen LogP contribution in [-0.2, 0) is 0 Å². The third-order valence-corrected chi connectivity index (χ3v) is 4.09. The fourth-order valence-corrected chi connectivity index (χ4v) is 3.16. The lowest BCUT2D eigenvalue weighted by molar-refractivity contribution is 0.233. The molecule has 1 fully saturated rings. The lowest BCUT2D eigenvalue weighted by Gasteiger charge is -2.26. The highest BCUT2D eigenvalue weighted by Crippen LogP contribution is 2.18. The van der Waals surface area contributed by atoms with Gasteiger partial charge in [0.15, 0.2) is 0 Å². The van der Waals surface area contributed by atoms with Gasteiger partial charge in [0.25, 0.3) is 0 Å². The molecular formula is C18H33N5. The second-order valence-electron chi connectivity index (χ2n) is 7.86. The maximum Gasteiger partial charge on any atom is 0.224 e. The van der Waals surface area contributed by atoms with Gasteiger partial charge in [0, 0.05) is 38.9 Å². The Morgan fingerprint density at radius 2 is 1.87 bits per heavy atom. The summed E-state index contributed by atoms with van der Waals surface area (Å²) in [4.78, 5) is 13.8. The summed E-state index contributed by atoms with van der Waals surface area (Å²) >= 11 is 0. The molecular weight excluding hydrogens is 286 g/mol. The Bertz CT molecular complexity index is 461. The number of aromatic nitrogens is 2. The van der Waals surface area contributed by atoms with Crippen LogP contribution < -0.4 is 10.2 Å². The second-order valence-corrected chi connectivity index (χ2v) is 7.86. The Balaban J connectivity index is 1.82. The summed E-state index contributed by atoms with van der Waals surface area (Å²) in [6.07, 6.45) is 7.09. The standard InChI is InChI=1S/C18H33N5/c1-18(2,3)15-22(4)14-11-20-17-19-10-9-16(21-17)23-12-7-5-6-8-13-23/h9-10H,5-8,11-15H2,1-4H3,(H,19,20,21). The van der Waals surface area contributed by atoms with E-state index in [0.29, 0.717) is 5.41 Å². The van der Waals surface area contributed by atoms with E-state index in [4.69, 9.17) is 4.98 Å². The molecule has 0 spiro atoms. The molecule has 5 heteroatoms. The number of hydrogen-bond donors (Lipinski definition) is 1. The van der Waals surface area contributed by atoms with Crippen LogP contribution in [0.5, 0.6) is 0 Å². The van der Waals surface area contributed by atoms with Crippen LogP contribution in [0.4, 0.5) is 11.8 Å². The topological polar surface area (TPSA) is 44.3 Å². The Labute approximate surface area is 141 Å². The Morgan fingerprint density at radius 1 is 1.17 bits per heavy atom. The van der Waals surface area contributed by atoms with E-state index in [2.05, 4.69) is 47.9 Å². The van der Waals surface area contributed by atoms with Crippen molar-refractivity contribution in [2.24, 2.45) is 5.41 Å². The Morgan fingerprint density at radius 3 is 2.52 bits per heavy atom. The molecule has 130 valence electrons. The van der Waals surface area contributed by atoms with E-state index in [9.17, 15) is 0 Å². The third-order valence-electron chi connectivity index (χ3n) is 4.09. The van der Waals surface area contributed by atoms with Gasteiger partial charge >= 0.3 is 0 Å². The van der Waals surface area contributed by atoms with E-state index in [-0.39, 0.29) is 0 Å². The number of likely N-dealkylation sites (N-methyl/N-ethyl adjacent to an activating group) is 1. The zero-order valence-electron chi connectivity index (χ0n) is 15.3. The molecule has 0 amide bonds. The zero-order chi connectivity index (χ0) is 16.7. The van der Waals surface area contributed by atoms with Crippen molar-refractivity contribution in [1.29, 1.82) is 0 Å². The van der Waals surface area contributed by atoms with Gasteiger partial charge in [-0.1, -0.05) is 33.6 Å². The minimum absolute atomic E-state index is 0.331. The zero-order valence-corrected chi connectivity index (χ0v) is 15.3. The van der Waals surface area contributed by atoms with E-state index in [1.807, 2.05) is 12.3 Å². The van der Waals surface area contributed by atoms with E-state index in [1.54, 1.807) is 0 Å². The molecule has 0 unspecified atom stereocenters. The van der Waals surface area contributed by atoms with E-state index in [0.717, 1.165) is 44.5 Å². The maximum absolute atomic E-state index is 4.69. The van der Waals surface area contributed by atoms with Crippen molar-refractivity contribution in [3.63, 3.8) is 0 Å². The fraction of sp³-hybridized carbons (Fsp3) is 0.778. The lowest BCUT2D eigenvalue weighted by atomic mass is 9.96. The summed E-state index contributed by atoms with van der Waals surface area (Å²) in [6.45, 7) is 12.0. The predicted molar refractivity (Wildman–Crippen MR) is 98.2 cm³/mol. The largest absolute Gasteiger partial charge is 0.356 e. The summed E-state index contributed by atoms with van der Waals surface area (Å²) in [6, 6.07) is 2.03. The first-order valence-electron chi connectivity index (χ1n) is 8.94. The first kappa shape index (κ1) is 18.0. The molecule has 23 heavy (non-hydrogen) atoms. The molecule has 0 atom stereocenters. The molecule has 0 radical (unpaired) electrons. The highest BCUT2D eigenvalue weighted by molar-refractivity contribution is 5.42. The van der Waals surface area contributed by atoms with Crippen LogP contribution in [0.3, 0.4) is 0 Å². The third kappa shape index (κ3) is 6.73. The molecule has 2 rings (SSSR count). The molecule has 1 aromatic rings. The molecule has 1 aliphatic rings. The smallest absolute Gasteiger partial charge is 0.224 e. The second kappa shape index (κ2) is 8.48. The van der Waals surface area contributed by atoms with Crippen LogP contribution in [0.2, 0.25) is 0 Å². The van der Waals surface area contributed by atoms with Gasteiger partial charge in [0.2, 0.25) is 5.95 Å². The minimum Gasteiger partial charge on any atom is -0.356 e. The normalized spacial score (nSPS) is 16.5. The maximum atomic E-state index is 4.69. The summed E-state index contributed by atoms with van der Waals surface area (Å²) in [7, 11) is 2.17. The molecule has 1 N–H and O–H groups in total. The SMILES string of the molecule is CN(CCNc1nccc(N2CCCCCC2)n1)CC(C)(C)C. The van der Waals surface area contributed by atoms with Gasteiger partial charge in [-0.05, 0) is 31.4 Å². The van der Waals surface area contributed by atoms with Gasteiger partial charge in [-0.25, -0.2) is 4.98 Å². The van der Waals surface area contributed by atoms with Gasteiger partial charge in [0.05, 0.1) is 0 Å². The molecule has 1 aliphatic heterocycles. The quantitative estimate of drug-likeness (QED) is 0.872. The van der Waals surface area contributed by atoms with Crippen LogP contribution >= 0.6 is 0 Å². The summed E-state index contributed by atoms with van der Waals surface area (Å²) in [5.41, 5.74) is 0.331. The van der Waals surface area contributed by atoms with Crippen LogP contribution in [0.15, 0.2) is 12.3 Å². The van der Waals surface area contributed by atoms with Crippen LogP contribution in [0, 0.1) is 5.41 Å². The van der Waals surface area contributed by atoms with Gasteiger partial charge < -0.3 is 15.1 Å². The number of hydrogen-bond acceptors (Lipinski definition) is 5. The number of anilines is 2. The van der Waals surface area contributed by atoms with Crippen molar-refractivity contribution >= 4 is 11.8 Å². The van der Waals surface area contributed by atoms with Gasteiger partial charge in [-0.15, -0.1) is 0 Å². The first-order valence-corrected chi connectivity index (χ1v) is 8.94. The summed E-state index contributed by atoms with van der Waals surface area (Å²) in [5.74, 6) is 1.81. The van der Waals surface area contributed by atoms with E-state index in [1.165, 1.54) is 25.7 Å². The lowest BCUT2D eigenvalue weighted by Crippen LogP contribution is -2.33. The van der Waals surface area contributed by atoms with Gasteiger partial charge in [0.1, 0.15) is 5.82 Å². The fourth-order valence-electron chi connectivity index (χ4n) is 3.16. The highest BCUT2D eigenvalue weighted by atomic mass is 15.2. The van der Waals surface area contributed by atoms with Crippen molar-refractivity contribution in [1.82, 2.24) is 14.9 Å². The van der Waals surface area contributed by atoms with Crippen LogP contribution in [-0.4, -0.2) is 54.6 Å². The average Bonchev–Trinajstić information content (AvgIpc) is 2.75. The van der Waals surface area contributed by atoms with Gasteiger partial charge in [-0.3, -0.25) is 0 Å².